The minimum Gasteiger partial charge on any atom is -0.458 e. The van der Waals surface area contributed by atoms with Crippen molar-refractivity contribution >= 4 is 0 Å². The third-order valence-electron chi connectivity index (χ3n) is 3.85. The second-order valence-electron chi connectivity index (χ2n) is 5.63. The summed E-state index contributed by atoms with van der Waals surface area (Å²) in [7, 11) is 0. The van der Waals surface area contributed by atoms with Crippen molar-refractivity contribution in [3.63, 3.8) is 0 Å². The summed E-state index contributed by atoms with van der Waals surface area (Å²) in [6.45, 7) is 2.88. The second kappa shape index (κ2) is 6.72. The maximum absolute atomic E-state index is 5.77. The van der Waals surface area contributed by atoms with Crippen LogP contribution in [0, 0.1) is 0 Å². The number of para-hydroxylation sites is 1. The fourth-order valence-corrected chi connectivity index (χ4v) is 2.69. The zero-order chi connectivity index (χ0) is 14.5. The van der Waals surface area contributed by atoms with Crippen LogP contribution in [0.2, 0.25) is 0 Å². The van der Waals surface area contributed by atoms with E-state index in [2.05, 4.69) is 15.4 Å². The molecule has 0 aliphatic heterocycles. The van der Waals surface area contributed by atoms with Crippen molar-refractivity contribution in [2.75, 3.05) is 6.54 Å². The van der Waals surface area contributed by atoms with Crippen LogP contribution in [0.5, 0.6) is 6.01 Å². The SMILES string of the molecule is CC(CNC1CCCC1)Oc1ncn(-c2ccccc2)n1. The van der Waals surface area contributed by atoms with Crippen molar-refractivity contribution in [2.45, 2.75) is 44.8 Å². The molecule has 1 fully saturated rings. The van der Waals surface area contributed by atoms with Crippen LogP contribution in [-0.2, 0) is 0 Å². The zero-order valence-corrected chi connectivity index (χ0v) is 12.4. The average molecular weight is 286 g/mol. The number of nitrogens with zero attached hydrogens (tertiary/aromatic N) is 3. The van der Waals surface area contributed by atoms with E-state index in [-0.39, 0.29) is 6.10 Å². The van der Waals surface area contributed by atoms with E-state index in [1.807, 2.05) is 37.3 Å². The summed E-state index contributed by atoms with van der Waals surface area (Å²) in [4.78, 5) is 4.21. The Morgan fingerprint density at radius 1 is 1.29 bits per heavy atom. The molecule has 5 nitrogen and oxygen atoms in total. The molecule has 1 atom stereocenters. The predicted octanol–water partition coefficient (Wildman–Crippen LogP) is 2.57. The monoisotopic (exact) mass is 286 g/mol. The first-order valence-electron chi connectivity index (χ1n) is 7.68. The molecule has 1 unspecified atom stereocenters. The minimum atomic E-state index is 0.0669. The summed E-state index contributed by atoms with van der Waals surface area (Å²) in [5.74, 6) is 0. The zero-order valence-electron chi connectivity index (χ0n) is 12.4. The van der Waals surface area contributed by atoms with Gasteiger partial charge >= 0.3 is 6.01 Å². The van der Waals surface area contributed by atoms with Crippen LogP contribution in [0.25, 0.3) is 5.69 Å². The molecule has 0 amide bonds. The lowest BCUT2D eigenvalue weighted by molar-refractivity contribution is 0.195. The number of ether oxygens (including phenoxy) is 1. The molecule has 0 saturated heterocycles. The highest BCUT2D eigenvalue weighted by Crippen LogP contribution is 2.17. The smallest absolute Gasteiger partial charge is 0.336 e. The maximum atomic E-state index is 5.77. The standard InChI is InChI=1S/C16H22N4O/c1-13(11-17-14-7-5-6-8-14)21-16-18-12-20(19-16)15-9-3-2-4-10-15/h2-4,9-10,12-14,17H,5-8,11H2,1H3. The normalized spacial score (nSPS) is 17.0. The molecular formula is C16H22N4O. The topological polar surface area (TPSA) is 52.0 Å². The highest BCUT2D eigenvalue weighted by atomic mass is 16.5. The van der Waals surface area contributed by atoms with Crippen molar-refractivity contribution in [3.8, 4) is 11.7 Å². The number of benzene rings is 1. The van der Waals surface area contributed by atoms with E-state index >= 15 is 0 Å². The first-order valence-corrected chi connectivity index (χ1v) is 7.68. The molecule has 1 aromatic carbocycles. The van der Waals surface area contributed by atoms with E-state index < -0.39 is 0 Å². The molecular weight excluding hydrogens is 264 g/mol. The number of aromatic nitrogens is 3. The summed E-state index contributed by atoms with van der Waals surface area (Å²) in [6.07, 6.45) is 7.01. The van der Waals surface area contributed by atoms with Crippen LogP contribution < -0.4 is 10.1 Å². The third-order valence-corrected chi connectivity index (χ3v) is 3.85. The van der Waals surface area contributed by atoms with Crippen molar-refractivity contribution in [2.24, 2.45) is 0 Å². The highest BCUT2D eigenvalue weighted by Gasteiger charge is 2.16. The van der Waals surface area contributed by atoms with Gasteiger partial charge in [0, 0.05) is 12.6 Å². The maximum Gasteiger partial charge on any atom is 0.336 e. The molecule has 1 aromatic heterocycles. The summed E-state index contributed by atoms with van der Waals surface area (Å²) in [5.41, 5.74) is 0.983. The molecule has 0 spiro atoms. The van der Waals surface area contributed by atoms with Gasteiger partial charge in [-0.05, 0) is 31.9 Å². The van der Waals surface area contributed by atoms with Crippen LogP contribution in [0.3, 0.4) is 0 Å². The highest BCUT2D eigenvalue weighted by molar-refractivity contribution is 5.29. The van der Waals surface area contributed by atoms with Gasteiger partial charge in [0.1, 0.15) is 12.4 Å². The van der Waals surface area contributed by atoms with E-state index in [1.54, 1.807) is 11.0 Å². The molecule has 1 aliphatic rings. The minimum absolute atomic E-state index is 0.0669. The summed E-state index contributed by atoms with van der Waals surface area (Å²) >= 11 is 0. The quantitative estimate of drug-likeness (QED) is 0.886. The fraction of sp³-hybridized carbons (Fsp3) is 0.500. The van der Waals surface area contributed by atoms with Crippen molar-refractivity contribution in [3.05, 3.63) is 36.7 Å². The first kappa shape index (κ1) is 14.1. The number of nitrogens with one attached hydrogen (secondary N) is 1. The average Bonchev–Trinajstić information content (AvgIpc) is 3.17. The van der Waals surface area contributed by atoms with E-state index in [0.29, 0.717) is 12.1 Å². The van der Waals surface area contributed by atoms with Crippen molar-refractivity contribution < 1.29 is 4.74 Å². The van der Waals surface area contributed by atoms with Gasteiger partial charge < -0.3 is 10.1 Å². The Balaban J connectivity index is 1.52. The molecule has 112 valence electrons. The van der Waals surface area contributed by atoms with Gasteiger partial charge in [-0.15, -0.1) is 5.10 Å². The summed E-state index contributed by atoms with van der Waals surface area (Å²) in [6, 6.07) is 11.0. The lowest BCUT2D eigenvalue weighted by atomic mass is 10.2. The van der Waals surface area contributed by atoms with Crippen molar-refractivity contribution in [1.82, 2.24) is 20.1 Å². The molecule has 2 aromatic rings. The molecule has 5 heteroatoms. The molecule has 0 bridgehead atoms. The lowest BCUT2D eigenvalue weighted by Gasteiger charge is -2.16. The van der Waals surface area contributed by atoms with Gasteiger partial charge in [0.25, 0.3) is 0 Å². The third kappa shape index (κ3) is 3.82. The van der Waals surface area contributed by atoms with Crippen LogP contribution in [0.1, 0.15) is 32.6 Å². The van der Waals surface area contributed by atoms with Gasteiger partial charge in [0.05, 0.1) is 5.69 Å². The van der Waals surface area contributed by atoms with E-state index in [9.17, 15) is 0 Å². The summed E-state index contributed by atoms with van der Waals surface area (Å²) < 4.78 is 7.50. The van der Waals surface area contributed by atoms with Crippen LogP contribution >= 0.6 is 0 Å². The Kier molecular flexibility index (Phi) is 4.50. The molecule has 1 N–H and O–H groups in total. The Labute approximate surface area is 125 Å². The largest absolute Gasteiger partial charge is 0.458 e. The van der Waals surface area contributed by atoms with Gasteiger partial charge in [0.15, 0.2) is 0 Å². The summed E-state index contributed by atoms with van der Waals surface area (Å²) in [5, 5.41) is 7.91. The van der Waals surface area contributed by atoms with Crippen LogP contribution in [-0.4, -0.2) is 33.5 Å². The lowest BCUT2D eigenvalue weighted by Crippen LogP contribution is -2.35. The van der Waals surface area contributed by atoms with Crippen LogP contribution in [0.15, 0.2) is 36.7 Å². The molecule has 1 aliphatic carbocycles. The van der Waals surface area contributed by atoms with Crippen LogP contribution in [0.4, 0.5) is 0 Å². The molecule has 1 heterocycles. The molecule has 21 heavy (non-hydrogen) atoms. The second-order valence-corrected chi connectivity index (χ2v) is 5.63. The van der Waals surface area contributed by atoms with E-state index in [1.165, 1.54) is 25.7 Å². The number of hydrogen-bond acceptors (Lipinski definition) is 4. The van der Waals surface area contributed by atoms with Gasteiger partial charge in [-0.1, -0.05) is 31.0 Å². The Hall–Kier alpha value is -1.88. The Morgan fingerprint density at radius 2 is 2.05 bits per heavy atom. The molecule has 3 rings (SSSR count). The van der Waals surface area contributed by atoms with Gasteiger partial charge in [-0.2, -0.15) is 4.98 Å². The van der Waals surface area contributed by atoms with E-state index in [0.717, 1.165) is 12.2 Å². The first-order chi connectivity index (χ1) is 10.3. The molecule has 1 saturated carbocycles. The van der Waals surface area contributed by atoms with Gasteiger partial charge in [-0.3, -0.25) is 0 Å². The van der Waals surface area contributed by atoms with Crippen molar-refractivity contribution in [1.29, 1.82) is 0 Å². The fourth-order valence-electron chi connectivity index (χ4n) is 2.69. The van der Waals surface area contributed by atoms with Gasteiger partial charge in [-0.25, -0.2) is 4.68 Å². The Morgan fingerprint density at radius 3 is 2.81 bits per heavy atom. The van der Waals surface area contributed by atoms with E-state index in [4.69, 9.17) is 4.74 Å². The number of hydrogen-bond donors (Lipinski definition) is 1. The number of rotatable bonds is 6. The Bertz CT molecular complexity index is 548. The predicted molar refractivity (Wildman–Crippen MR) is 81.7 cm³/mol. The van der Waals surface area contributed by atoms with Gasteiger partial charge in [0.2, 0.25) is 0 Å². The molecule has 0 radical (unpaired) electrons.